The Bertz CT molecular complexity index is 617. The van der Waals surface area contributed by atoms with E-state index >= 15 is 0 Å². The van der Waals surface area contributed by atoms with Gasteiger partial charge in [-0.05, 0) is 25.1 Å². The van der Waals surface area contributed by atoms with Crippen molar-refractivity contribution in [2.24, 2.45) is 0 Å². The standard InChI is InChI=1S/C15H18ClN5/c1-11-9-14(19-15(17)18-11)21-7-5-20(6-8-21)13-4-2-3-12(16)10-13/h2-4,9-10H,5-8H2,1H3,(H2,17,18,19). The van der Waals surface area contributed by atoms with Gasteiger partial charge in [0.1, 0.15) is 5.82 Å². The van der Waals surface area contributed by atoms with Crippen LogP contribution in [0, 0.1) is 6.92 Å². The van der Waals surface area contributed by atoms with Crippen LogP contribution in [0.3, 0.4) is 0 Å². The van der Waals surface area contributed by atoms with Gasteiger partial charge in [0, 0.05) is 48.6 Å². The molecule has 0 saturated carbocycles. The Hall–Kier alpha value is -2.01. The smallest absolute Gasteiger partial charge is 0.222 e. The van der Waals surface area contributed by atoms with Crippen molar-refractivity contribution in [3.63, 3.8) is 0 Å². The molecule has 1 aliphatic rings. The summed E-state index contributed by atoms with van der Waals surface area (Å²) < 4.78 is 0. The van der Waals surface area contributed by atoms with Gasteiger partial charge in [-0.25, -0.2) is 4.98 Å². The molecule has 21 heavy (non-hydrogen) atoms. The van der Waals surface area contributed by atoms with Gasteiger partial charge >= 0.3 is 0 Å². The van der Waals surface area contributed by atoms with Gasteiger partial charge < -0.3 is 15.5 Å². The molecular weight excluding hydrogens is 286 g/mol. The molecule has 2 aromatic rings. The van der Waals surface area contributed by atoms with E-state index in [0.717, 1.165) is 42.7 Å². The number of nitrogens with two attached hydrogens (primary N) is 1. The minimum atomic E-state index is 0.335. The Morgan fingerprint density at radius 2 is 1.76 bits per heavy atom. The van der Waals surface area contributed by atoms with E-state index in [-0.39, 0.29) is 0 Å². The van der Waals surface area contributed by atoms with Gasteiger partial charge in [-0.1, -0.05) is 17.7 Å². The minimum Gasteiger partial charge on any atom is -0.368 e. The monoisotopic (exact) mass is 303 g/mol. The van der Waals surface area contributed by atoms with Crippen molar-refractivity contribution in [1.82, 2.24) is 9.97 Å². The lowest BCUT2D eigenvalue weighted by molar-refractivity contribution is 0.647. The summed E-state index contributed by atoms with van der Waals surface area (Å²) in [6.45, 7) is 5.61. The summed E-state index contributed by atoms with van der Waals surface area (Å²) in [6.07, 6.45) is 0. The fourth-order valence-electron chi connectivity index (χ4n) is 2.60. The summed E-state index contributed by atoms with van der Waals surface area (Å²) in [6, 6.07) is 9.95. The van der Waals surface area contributed by atoms with E-state index in [1.807, 2.05) is 31.2 Å². The molecule has 6 heteroatoms. The second-order valence-corrected chi connectivity index (χ2v) is 5.62. The van der Waals surface area contributed by atoms with Gasteiger partial charge in [0.2, 0.25) is 5.95 Å². The summed E-state index contributed by atoms with van der Waals surface area (Å²) in [5, 5.41) is 0.772. The van der Waals surface area contributed by atoms with Crippen LogP contribution in [0.5, 0.6) is 0 Å². The van der Waals surface area contributed by atoms with Crippen molar-refractivity contribution in [2.75, 3.05) is 41.7 Å². The molecule has 5 nitrogen and oxygen atoms in total. The second-order valence-electron chi connectivity index (χ2n) is 5.18. The maximum atomic E-state index is 6.06. The fourth-order valence-corrected chi connectivity index (χ4v) is 2.79. The molecule has 0 radical (unpaired) electrons. The van der Waals surface area contributed by atoms with Gasteiger partial charge in [0.25, 0.3) is 0 Å². The normalized spacial score (nSPS) is 15.3. The summed E-state index contributed by atoms with van der Waals surface area (Å²) >= 11 is 6.06. The van der Waals surface area contributed by atoms with E-state index in [2.05, 4.69) is 25.8 Å². The number of rotatable bonds is 2. The number of aromatic nitrogens is 2. The molecule has 0 bridgehead atoms. The highest BCUT2D eigenvalue weighted by Gasteiger charge is 2.19. The summed E-state index contributed by atoms with van der Waals surface area (Å²) in [7, 11) is 0. The van der Waals surface area contributed by atoms with Gasteiger partial charge in [-0.3, -0.25) is 0 Å². The molecule has 0 spiro atoms. The average molecular weight is 304 g/mol. The highest BCUT2D eigenvalue weighted by molar-refractivity contribution is 6.30. The summed E-state index contributed by atoms with van der Waals surface area (Å²) in [4.78, 5) is 13.0. The zero-order chi connectivity index (χ0) is 14.8. The van der Waals surface area contributed by atoms with Crippen LogP contribution in [0.25, 0.3) is 0 Å². The minimum absolute atomic E-state index is 0.335. The van der Waals surface area contributed by atoms with Crippen molar-refractivity contribution in [3.05, 3.63) is 41.0 Å². The van der Waals surface area contributed by atoms with Crippen molar-refractivity contribution in [3.8, 4) is 0 Å². The number of hydrogen-bond acceptors (Lipinski definition) is 5. The highest BCUT2D eigenvalue weighted by Crippen LogP contribution is 2.22. The van der Waals surface area contributed by atoms with Crippen molar-refractivity contribution >= 4 is 29.1 Å². The molecule has 1 aliphatic heterocycles. The number of nitrogens with zero attached hydrogens (tertiary/aromatic N) is 4. The Balaban J connectivity index is 1.70. The SMILES string of the molecule is Cc1cc(N2CCN(c3cccc(Cl)c3)CC2)nc(N)n1. The van der Waals surface area contributed by atoms with E-state index in [4.69, 9.17) is 17.3 Å². The van der Waals surface area contributed by atoms with Crippen molar-refractivity contribution in [2.45, 2.75) is 6.92 Å². The van der Waals surface area contributed by atoms with E-state index in [0.29, 0.717) is 5.95 Å². The number of benzene rings is 1. The Labute approximate surface area is 129 Å². The van der Waals surface area contributed by atoms with Crippen LogP contribution in [0.1, 0.15) is 5.69 Å². The molecule has 2 heterocycles. The molecular formula is C15H18ClN5. The quantitative estimate of drug-likeness (QED) is 0.923. The van der Waals surface area contributed by atoms with Crippen LogP contribution < -0.4 is 15.5 Å². The van der Waals surface area contributed by atoms with Crippen LogP contribution in [-0.2, 0) is 0 Å². The lowest BCUT2D eigenvalue weighted by Crippen LogP contribution is -2.46. The third kappa shape index (κ3) is 3.19. The van der Waals surface area contributed by atoms with Crippen LogP contribution in [-0.4, -0.2) is 36.1 Å². The molecule has 2 N–H and O–H groups in total. The maximum absolute atomic E-state index is 6.06. The number of anilines is 3. The highest BCUT2D eigenvalue weighted by atomic mass is 35.5. The van der Waals surface area contributed by atoms with Crippen LogP contribution in [0.15, 0.2) is 30.3 Å². The summed E-state index contributed by atoms with van der Waals surface area (Å²) in [5.41, 5.74) is 7.79. The third-order valence-corrected chi connectivity index (χ3v) is 3.87. The molecule has 0 amide bonds. The molecule has 110 valence electrons. The number of halogens is 1. The van der Waals surface area contributed by atoms with E-state index < -0.39 is 0 Å². The molecule has 1 saturated heterocycles. The lowest BCUT2D eigenvalue weighted by atomic mass is 10.2. The molecule has 1 aromatic carbocycles. The van der Waals surface area contributed by atoms with Crippen LogP contribution >= 0.6 is 11.6 Å². The zero-order valence-electron chi connectivity index (χ0n) is 12.0. The maximum Gasteiger partial charge on any atom is 0.222 e. The molecule has 1 fully saturated rings. The van der Waals surface area contributed by atoms with Crippen molar-refractivity contribution in [1.29, 1.82) is 0 Å². The Morgan fingerprint density at radius 1 is 1.05 bits per heavy atom. The summed E-state index contributed by atoms with van der Waals surface area (Å²) in [5.74, 6) is 1.24. The Kier molecular flexibility index (Phi) is 3.84. The Morgan fingerprint density at radius 3 is 2.43 bits per heavy atom. The third-order valence-electron chi connectivity index (χ3n) is 3.64. The largest absolute Gasteiger partial charge is 0.368 e. The van der Waals surface area contributed by atoms with Gasteiger partial charge in [0.05, 0.1) is 0 Å². The number of nitrogen functional groups attached to an aromatic ring is 1. The van der Waals surface area contributed by atoms with E-state index in [1.165, 1.54) is 5.69 Å². The van der Waals surface area contributed by atoms with Gasteiger partial charge in [0.15, 0.2) is 0 Å². The average Bonchev–Trinajstić information content (AvgIpc) is 2.46. The van der Waals surface area contributed by atoms with Crippen LogP contribution in [0.2, 0.25) is 5.02 Å². The molecule has 0 unspecified atom stereocenters. The first kappa shape index (κ1) is 13.9. The lowest BCUT2D eigenvalue weighted by Gasteiger charge is -2.36. The zero-order valence-corrected chi connectivity index (χ0v) is 12.7. The predicted octanol–water partition coefficient (Wildman–Crippen LogP) is 2.35. The number of aryl methyl sites for hydroxylation is 1. The van der Waals surface area contributed by atoms with Gasteiger partial charge in [-0.2, -0.15) is 4.98 Å². The number of hydrogen-bond donors (Lipinski definition) is 1. The van der Waals surface area contributed by atoms with Gasteiger partial charge in [-0.15, -0.1) is 0 Å². The fraction of sp³-hybridized carbons (Fsp3) is 0.333. The predicted molar refractivity (Wildman–Crippen MR) is 87.1 cm³/mol. The topological polar surface area (TPSA) is 58.3 Å². The molecule has 0 aliphatic carbocycles. The second kappa shape index (κ2) is 5.77. The van der Waals surface area contributed by atoms with E-state index in [1.54, 1.807) is 0 Å². The first-order chi connectivity index (χ1) is 10.1. The molecule has 1 aromatic heterocycles. The molecule has 3 rings (SSSR count). The first-order valence-electron chi connectivity index (χ1n) is 6.98. The van der Waals surface area contributed by atoms with Crippen LogP contribution in [0.4, 0.5) is 17.5 Å². The number of piperazine rings is 1. The van der Waals surface area contributed by atoms with E-state index in [9.17, 15) is 0 Å². The first-order valence-corrected chi connectivity index (χ1v) is 7.36. The van der Waals surface area contributed by atoms with Crippen molar-refractivity contribution < 1.29 is 0 Å². The molecule has 0 atom stereocenters.